The first kappa shape index (κ1) is 17.9. The number of carbonyl (C=O) groups excluding carboxylic acids is 2. The maximum absolute atomic E-state index is 13.1. The Morgan fingerprint density at radius 1 is 1.15 bits per heavy atom. The highest BCUT2D eigenvalue weighted by Gasteiger charge is 2.36. The molecule has 2 amide bonds. The van der Waals surface area contributed by atoms with Crippen LogP contribution in [0, 0.1) is 5.82 Å². The van der Waals surface area contributed by atoms with Crippen molar-refractivity contribution < 1.29 is 18.7 Å². The lowest BCUT2D eigenvalue weighted by Gasteiger charge is -2.23. The van der Waals surface area contributed by atoms with Crippen LogP contribution >= 0.6 is 0 Å². The molecule has 0 spiro atoms. The molecule has 0 saturated carbocycles. The highest BCUT2D eigenvalue weighted by molar-refractivity contribution is 5.83. The van der Waals surface area contributed by atoms with Crippen LogP contribution in [0.25, 0.3) is 0 Å². The highest BCUT2D eigenvalue weighted by Crippen LogP contribution is 2.34. The number of alkyl carbamates (subject to hydrolysis) is 1. The number of nitrogens with one attached hydrogen (secondary N) is 2. The molecule has 0 radical (unpaired) electrons. The molecule has 0 heterocycles. The normalized spacial score (nSPS) is 19.3. The van der Waals surface area contributed by atoms with Gasteiger partial charge in [-0.25, -0.2) is 9.18 Å². The summed E-state index contributed by atoms with van der Waals surface area (Å²) in [5, 5.41) is 5.42. The van der Waals surface area contributed by atoms with Gasteiger partial charge in [-0.2, -0.15) is 0 Å². The van der Waals surface area contributed by atoms with Gasteiger partial charge in [-0.1, -0.05) is 36.4 Å². The van der Waals surface area contributed by atoms with E-state index in [-0.39, 0.29) is 17.8 Å². The first-order valence-electron chi connectivity index (χ1n) is 8.51. The maximum atomic E-state index is 13.1. The van der Waals surface area contributed by atoms with Crippen molar-refractivity contribution in [3.63, 3.8) is 0 Å². The Hall–Kier alpha value is -2.89. The van der Waals surface area contributed by atoms with E-state index in [0.717, 1.165) is 16.7 Å². The molecule has 0 aliphatic heterocycles. The lowest BCUT2D eigenvalue weighted by molar-refractivity contribution is -0.123. The van der Waals surface area contributed by atoms with Gasteiger partial charge in [-0.3, -0.25) is 4.79 Å². The van der Waals surface area contributed by atoms with E-state index in [1.165, 1.54) is 19.2 Å². The summed E-state index contributed by atoms with van der Waals surface area (Å²) < 4.78 is 18.6. The molecule has 1 aliphatic rings. The van der Waals surface area contributed by atoms with E-state index >= 15 is 0 Å². The second kappa shape index (κ2) is 7.56. The van der Waals surface area contributed by atoms with Crippen molar-refractivity contribution in [3.05, 3.63) is 71.0 Å². The van der Waals surface area contributed by atoms with Crippen LogP contribution in [-0.4, -0.2) is 25.1 Å². The second-order valence-electron chi connectivity index (χ2n) is 6.37. The molecule has 1 unspecified atom stereocenters. The molecule has 0 fully saturated rings. The zero-order chi connectivity index (χ0) is 18.7. The van der Waals surface area contributed by atoms with Crippen LogP contribution < -0.4 is 10.6 Å². The van der Waals surface area contributed by atoms with E-state index in [0.29, 0.717) is 6.42 Å². The van der Waals surface area contributed by atoms with E-state index < -0.39 is 18.1 Å². The Balaban J connectivity index is 1.76. The molecule has 2 N–H and O–H groups in total. The molecule has 2 aromatic rings. The zero-order valence-electron chi connectivity index (χ0n) is 14.7. The number of hydrogen-bond acceptors (Lipinski definition) is 3. The summed E-state index contributed by atoms with van der Waals surface area (Å²) in [6.45, 7) is 1.76. The highest BCUT2D eigenvalue weighted by atomic mass is 19.1. The van der Waals surface area contributed by atoms with Gasteiger partial charge in [-0.15, -0.1) is 0 Å². The van der Waals surface area contributed by atoms with Gasteiger partial charge in [0.15, 0.2) is 0 Å². The Labute approximate surface area is 151 Å². The number of ether oxygens (including phenoxy) is 1. The smallest absolute Gasteiger partial charge is 0.407 e. The molecule has 26 heavy (non-hydrogen) atoms. The molecule has 5 nitrogen and oxygen atoms in total. The Kier molecular flexibility index (Phi) is 5.21. The zero-order valence-corrected chi connectivity index (χ0v) is 14.7. The van der Waals surface area contributed by atoms with Crippen LogP contribution in [0.1, 0.15) is 35.6 Å². The molecular formula is C20H21FN2O3. The van der Waals surface area contributed by atoms with Crippen molar-refractivity contribution in [2.75, 3.05) is 7.05 Å². The van der Waals surface area contributed by atoms with Crippen molar-refractivity contribution in [1.82, 2.24) is 10.6 Å². The third-order valence-electron chi connectivity index (χ3n) is 4.70. The largest absolute Gasteiger partial charge is 0.439 e. The molecule has 3 atom stereocenters. The van der Waals surface area contributed by atoms with Crippen LogP contribution in [0.4, 0.5) is 9.18 Å². The van der Waals surface area contributed by atoms with Crippen LogP contribution in [0.5, 0.6) is 0 Å². The first-order valence-corrected chi connectivity index (χ1v) is 8.51. The van der Waals surface area contributed by atoms with Crippen molar-refractivity contribution >= 4 is 12.0 Å². The Morgan fingerprint density at radius 3 is 2.54 bits per heavy atom. The van der Waals surface area contributed by atoms with E-state index in [4.69, 9.17) is 4.74 Å². The van der Waals surface area contributed by atoms with Gasteiger partial charge in [0.05, 0.1) is 12.0 Å². The average Bonchev–Trinajstić information content (AvgIpc) is 2.98. The summed E-state index contributed by atoms with van der Waals surface area (Å²) >= 11 is 0. The Bertz CT molecular complexity index is 807. The molecule has 1 aliphatic carbocycles. The molecular weight excluding hydrogens is 335 g/mol. The number of halogens is 1. The number of fused-ring (bicyclic) bond motifs is 1. The predicted octanol–water partition coefficient (Wildman–Crippen LogP) is 3.07. The van der Waals surface area contributed by atoms with Crippen molar-refractivity contribution in [3.8, 4) is 0 Å². The second-order valence-corrected chi connectivity index (χ2v) is 6.37. The summed E-state index contributed by atoms with van der Waals surface area (Å²) in [5.74, 6) is -0.980. The monoisotopic (exact) mass is 356 g/mol. The third kappa shape index (κ3) is 3.69. The van der Waals surface area contributed by atoms with Gasteiger partial charge in [0.1, 0.15) is 11.9 Å². The number of amides is 2. The molecule has 2 aromatic carbocycles. The van der Waals surface area contributed by atoms with Crippen LogP contribution in [0.15, 0.2) is 48.5 Å². The van der Waals surface area contributed by atoms with Crippen LogP contribution in [0.3, 0.4) is 0 Å². The topological polar surface area (TPSA) is 67.4 Å². The lowest BCUT2D eigenvalue weighted by atomic mass is 9.99. The molecule has 136 valence electrons. The lowest BCUT2D eigenvalue weighted by Crippen LogP contribution is -2.41. The molecule has 3 rings (SSSR count). The van der Waals surface area contributed by atoms with Crippen molar-refractivity contribution in [1.29, 1.82) is 0 Å². The SMILES string of the molecule is CNC(=O)O[C@H]1c2ccccc2C[C@@H]1NC(=O)C(C)c1ccc(F)cc1. The number of rotatable bonds is 4. The van der Waals surface area contributed by atoms with Crippen molar-refractivity contribution in [2.24, 2.45) is 0 Å². The quantitative estimate of drug-likeness (QED) is 0.885. The number of benzene rings is 2. The number of carbonyl (C=O) groups is 2. The van der Waals surface area contributed by atoms with Gasteiger partial charge >= 0.3 is 6.09 Å². The van der Waals surface area contributed by atoms with Gasteiger partial charge in [-0.05, 0) is 42.2 Å². The third-order valence-corrected chi connectivity index (χ3v) is 4.70. The van der Waals surface area contributed by atoms with Crippen molar-refractivity contribution in [2.45, 2.75) is 31.4 Å². The standard InChI is InChI=1S/C20H21FN2O3/c1-12(13-7-9-15(21)10-8-13)19(24)23-17-11-14-5-3-4-6-16(14)18(17)26-20(25)22-2/h3-10,12,17-18H,11H2,1-2H3,(H,22,25)(H,23,24)/t12?,17-,18-/m0/s1. The molecule has 0 saturated heterocycles. The van der Waals surface area contributed by atoms with Gasteiger partial charge in [0.25, 0.3) is 0 Å². The fourth-order valence-corrected chi connectivity index (χ4v) is 3.22. The average molecular weight is 356 g/mol. The van der Waals surface area contributed by atoms with Gasteiger partial charge < -0.3 is 15.4 Å². The van der Waals surface area contributed by atoms with E-state index in [9.17, 15) is 14.0 Å². The number of hydrogen-bond donors (Lipinski definition) is 2. The van der Waals surface area contributed by atoms with E-state index in [1.807, 2.05) is 24.3 Å². The molecule has 0 bridgehead atoms. The summed E-state index contributed by atoms with van der Waals surface area (Å²) in [6.07, 6.45) is -0.507. The fraction of sp³-hybridized carbons (Fsp3) is 0.300. The summed E-state index contributed by atoms with van der Waals surface area (Å²) in [5.41, 5.74) is 2.67. The van der Waals surface area contributed by atoms with E-state index in [1.54, 1.807) is 19.1 Å². The van der Waals surface area contributed by atoms with Crippen LogP contribution in [-0.2, 0) is 16.0 Å². The van der Waals surface area contributed by atoms with Crippen LogP contribution in [0.2, 0.25) is 0 Å². The minimum absolute atomic E-state index is 0.195. The molecule has 0 aromatic heterocycles. The maximum Gasteiger partial charge on any atom is 0.407 e. The Morgan fingerprint density at radius 2 is 1.85 bits per heavy atom. The summed E-state index contributed by atoms with van der Waals surface area (Å²) in [7, 11) is 1.49. The van der Waals surface area contributed by atoms with E-state index in [2.05, 4.69) is 10.6 Å². The van der Waals surface area contributed by atoms with Gasteiger partial charge in [0, 0.05) is 7.05 Å². The minimum atomic E-state index is -0.546. The van der Waals surface area contributed by atoms with Gasteiger partial charge in [0.2, 0.25) is 5.91 Å². The first-order chi connectivity index (χ1) is 12.5. The molecule has 6 heteroatoms. The summed E-state index contributed by atoms with van der Waals surface area (Å²) in [6, 6.07) is 13.2. The predicted molar refractivity (Wildman–Crippen MR) is 95.2 cm³/mol. The minimum Gasteiger partial charge on any atom is -0.439 e. The summed E-state index contributed by atoms with van der Waals surface area (Å²) in [4.78, 5) is 24.4. The fourth-order valence-electron chi connectivity index (χ4n) is 3.22.